The van der Waals surface area contributed by atoms with Crippen LogP contribution in [-0.2, 0) is 19.0 Å². The molecule has 0 aliphatic rings. The first-order valence-corrected chi connectivity index (χ1v) is 4.86. The number of amides is 2. The maximum Gasteiger partial charge on any atom is 0.406 e. The van der Waals surface area contributed by atoms with Crippen molar-refractivity contribution in [2.24, 2.45) is 0 Å². The van der Waals surface area contributed by atoms with Crippen LogP contribution in [0, 0.1) is 0 Å². The molecule has 0 rings (SSSR count). The molecule has 0 aromatic carbocycles. The van der Waals surface area contributed by atoms with Gasteiger partial charge in [-0.25, -0.2) is 4.79 Å². The smallest absolute Gasteiger partial charge is 0.406 e. The topological polar surface area (TPSA) is 85.9 Å². The van der Waals surface area contributed by atoms with E-state index in [1.807, 2.05) is 0 Å². The minimum atomic E-state index is -0.489. The molecule has 7 nitrogen and oxygen atoms in total. The van der Waals surface area contributed by atoms with Crippen molar-refractivity contribution < 1.29 is 23.8 Å². The van der Waals surface area contributed by atoms with Crippen LogP contribution in [0.5, 0.6) is 0 Å². The van der Waals surface area contributed by atoms with Gasteiger partial charge in [0.15, 0.2) is 0 Å². The van der Waals surface area contributed by atoms with E-state index < -0.39 is 6.09 Å². The van der Waals surface area contributed by atoms with Crippen LogP contribution in [0.4, 0.5) is 4.79 Å². The lowest BCUT2D eigenvalue weighted by Gasteiger charge is -2.06. The van der Waals surface area contributed by atoms with Gasteiger partial charge in [0.2, 0.25) is 5.91 Å². The van der Waals surface area contributed by atoms with E-state index in [0.29, 0.717) is 26.3 Å². The van der Waals surface area contributed by atoms with Crippen molar-refractivity contribution in [2.45, 2.75) is 0 Å². The number of hydrogen-bond donors (Lipinski definition) is 2. The summed E-state index contributed by atoms with van der Waals surface area (Å²) in [5.41, 5.74) is 0. The van der Waals surface area contributed by atoms with Gasteiger partial charge in [-0.15, -0.1) is 0 Å². The number of rotatable bonds is 8. The third kappa shape index (κ3) is 9.22. The summed E-state index contributed by atoms with van der Waals surface area (Å²) in [6.07, 6.45) is -0.489. The molecule has 0 unspecified atom stereocenters. The van der Waals surface area contributed by atoms with Gasteiger partial charge in [-0.3, -0.25) is 4.79 Å². The van der Waals surface area contributed by atoms with Crippen LogP contribution in [0.25, 0.3) is 0 Å². The Labute approximate surface area is 94.4 Å². The van der Waals surface area contributed by atoms with E-state index in [1.165, 1.54) is 14.2 Å². The maximum atomic E-state index is 10.9. The molecule has 0 saturated heterocycles. The van der Waals surface area contributed by atoms with Gasteiger partial charge in [0.25, 0.3) is 0 Å². The lowest BCUT2D eigenvalue weighted by Crippen LogP contribution is -2.31. The first kappa shape index (κ1) is 14.7. The van der Waals surface area contributed by atoms with Crippen molar-refractivity contribution >= 4 is 12.0 Å². The fraction of sp³-hybridized carbons (Fsp3) is 0.778. The number of hydrogen-bond acceptors (Lipinski definition) is 5. The van der Waals surface area contributed by atoms with Gasteiger partial charge >= 0.3 is 6.09 Å². The standard InChI is InChI=1S/C9H18N2O5/c1-14-7-8(12)10-3-5-16-6-4-11-9(13)15-2/h3-7H2,1-2H3,(H,10,12)(H,11,13). The highest BCUT2D eigenvalue weighted by Gasteiger charge is 1.98. The van der Waals surface area contributed by atoms with E-state index in [0.717, 1.165) is 0 Å². The van der Waals surface area contributed by atoms with Crippen molar-refractivity contribution in [1.29, 1.82) is 0 Å². The third-order valence-electron chi connectivity index (χ3n) is 1.55. The number of carbonyl (C=O) groups is 2. The molecular formula is C9H18N2O5. The molecule has 7 heteroatoms. The second-order valence-electron chi connectivity index (χ2n) is 2.81. The molecule has 0 saturated carbocycles. The summed E-state index contributed by atoms with van der Waals surface area (Å²) in [5.74, 6) is -0.182. The van der Waals surface area contributed by atoms with Crippen LogP contribution in [0.3, 0.4) is 0 Å². The van der Waals surface area contributed by atoms with E-state index in [-0.39, 0.29) is 12.5 Å². The van der Waals surface area contributed by atoms with Gasteiger partial charge in [0, 0.05) is 20.2 Å². The van der Waals surface area contributed by atoms with E-state index in [1.54, 1.807) is 0 Å². The molecule has 0 bridgehead atoms. The largest absolute Gasteiger partial charge is 0.453 e. The van der Waals surface area contributed by atoms with E-state index in [9.17, 15) is 9.59 Å². The Morgan fingerprint density at radius 1 is 1.06 bits per heavy atom. The highest BCUT2D eigenvalue weighted by molar-refractivity contribution is 5.77. The number of alkyl carbamates (subject to hydrolysis) is 1. The maximum absolute atomic E-state index is 10.9. The van der Waals surface area contributed by atoms with Crippen LogP contribution >= 0.6 is 0 Å². The summed E-state index contributed by atoms with van der Waals surface area (Å²) in [4.78, 5) is 21.5. The van der Waals surface area contributed by atoms with Crippen molar-refractivity contribution in [1.82, 2.24) is 10.6 Å². The summed E-state index contributed by atoms with van der Waals surface area (Å²) in [6.45, 7) is 1.59. The van der Waals surface area contributed by atoms with Crippen LogP contribution in [0.1, 0.15) is 0 Å². The van der Waals surface area contributed by atoms with Gasteiger partial charge in [0.05, 0.1) is 20.3 Å². The highest BCUT2D eigenvalue weighted by Crippen LogP contribution is 1.75. The summed E-state index contributed by atoms with van der Waals surface area (Å²) in [6, 6.07) is 0. The molecule has 0 aromatic rings. The monoisotopic (exact) mass is 234 g/mol. The molecule has 16 heavy (non-hydrogen) atoms. The number of carbonyl (C=O) groups excluding carboxylic acids is 2. The average molecular weight is 234 g/mol. The SMILES string of the molecule is COCC(=O)NCCOCCNC(=O)OC. The molecule has 0 atom stereocenters. The van der Waals surface area contributed by atoms with Gasteiger partial charge in [-0.1, -0.05) is 0 Å². The minimum Gasteiger partial charge on any atom is -0.453 e. The first-order chi connectivity index (χ1) is 7.70. The zero-order chi connectivity index (χ0) is 12.2. The van der Waals surface area contributed by atoms with E-state index in [4.69, 9.17) is 4.74 Å². The summed E-state index contributed by atoms with van der Waals surface area (Å²) in [5, 5.41) is 5.05. The molecule has 2 amide bonds. The average Bonchev–Trinajstić information content (AvgIpc) is 2.27. The second-order valence-corrected chi connectivity index (χ2v) is 2.81. The van der Waals surface area contributed by atoms with Crippen LogP contribution in [-0.4, -0.2) is 59.1 Å². The van der Waals surface area contributed by atoms with Gasteiger partial charge in [-0.05, 0) is 0 Å². The Balaban J connectivity index is 3.15. The second kappa shape index (κ2) is 10.2. The lowest BCUT2D eigenvalue weighted by molar-refractivity contribution is -0.124. The lowest BCUT2D eigenvalue weighted by atomic mass is 10.6. The molecule has 0 aliphatic heterocycles. The Hall–Kier alpha value is -1.34. The minimum absolute atomic E-state index is 0.0455. The van der Waals surface area contributed by atoms with Gasteiger partial charge in [-0.2, -0.15) is 0 Å². The fourth-order valence-electron chi connectivity index (χ4n) is 0.844. The molecule has 0 fully saturated rings. The molecule has 2 N–H and O–H groups in total. The van der Waals surface area contributed by atoms with Crippen LogP contribution in [0.15, 0.2) is 0 Å². The summed E-state index contributed by atoms with van der Waals surface area (Å²) in [7, 11) is 2.75. The number of nitrogens with one attached hydrogen (secondary N) is 2. The van der Waals surface area contributed by atoms with Crippen molar-refractivity contribution in [3.63, 3.8) is 0 Å². The highest BCUT2D eigenvalue weighted by atomic mass is 16.5. The predicted molar refractivity (Wildman–Crippen MR) is 56.1 cm³/mol. The number of ether oxygens (including phenoxy) is 3. The van der Waals surface area contributed by atoms with Crippen molar-refractivity contribution in [3.05, 3.63) is 0 Å². The molecule has 0 aromatic heterocycles. The fourth-order valence-corrected chi connectivity index (χ4v) is 0.844. The first-order valence-electron chi connectivity index (χ1n) is 4.86. The predicted octanol–water partition coefficient (Wildman–Crippen LogP) is -0.878. The third-order valence-corrected chi connectivity index (χ3v) is 1.55. The summed E-state index contributed by atoms with van der Waals surface area (Å²) >= 11 is 0. The van der Waals surface area contributed by atoms with Gasteiger partial charge < -0.3 is 24.8 Å². The van der Waals surface area contributed by atoms with Crippen molar-refractivity contribution in [3.8, 4) is 0 Å². The summed E-state index contributed by atoms with van der Waals surface area (Å²) < 4.78 is 14.1. The zero-order valence-corrected chi connectivity index (χ0v) is 9.58. The van der Waals surface area contributed by atoms with Crippen molar-refractivity contribution in [2.75, 3.05) is 47.1 Å². The quantitative estimate of drug-likeness (QED) is 0.533. The number of methoxy groups -OCH3 is 2. The Morgan fingerprint density at radius 3 is 2.25 bits per heavy atom. The Bertz CT molecular complexity index is 210. The van der Waals surface area contributed by atoms with E-state index >= 15 is 0 Å². The normalized spacial score (nSPS) is 9.62. The molecule has 0 radical (unpaired) electrons. The molecule has 94 valence electrons. The Kier molecular flexibility index (Phi) is 9.33. The van der Waals surface area contributed by atoms with Gasteiger partial charge in [0.1, 0.15) is 6.61 Å². The van der Waals surface area contributed by atoms with E-state index in [2.05, 4.69) is 20.1 Å². The Morgan fingerprint density at radius 2 is 1.69 bits per heavy atom. The van der Waals surface area contributed by atoms with Crippen LogP contribution in [0.2, 0.25) is 0 Å². The van der Waals surface area contributed by atoms with Crippen LogP contribution < -0.4 is 10.6 Å². The molecule has 0 heterocycles. The molecule has 0 aliphatic carbocycles. The molecule has 0 spiro atoms. The zero-order valence-electron chi connectivity index (χ0n) is 9.58. The molecular weight excluding hydrogens is 216 g/mol.